The van der Waals surface area contributed by atoms with Gasteiger partial charge in [0.25, 0.3) is 0 Å². The largest absolute Gasteiger partial charge is 0.311 e. The summed E-state index contributed by atoms with van der Waals surface area (Å²) in [6.45, 7) is 5.66. The molecule has 90 valence electrons. The van der Waals surface area contributed by atoms with Crippen LogP contribution < -0.4 is 16.0 Å². The van der Waals surface area contributed by atoms with Gasteiger partial charge < -0.3 is 16.0 Å². The third kappa shape index (κ3) is 2.44. The van der Waals surface area contributed by atoms with Crippen molar-refractivity contribution in [3.8, 4) is 0 Å². The van der Waals surface area contributed by atoms with Crippen LogP contribution in [-0.4, -0.2) is 41.7 Å². The molecule has 0 aromatic carbocycles. The van der Waals surface area contributed by atoms with Gasteiger partial charge in [0.1, 0.15) is 0 Å². The van der Waals surface area contributed by atoms with Crippen LogP contribution in [0, 0.1) is 5.92 Å². The highest BCUT2D eigenvalue weighted by atomic mass is 28.1. The predicted molar refractivity (Wildman–Crippen MR) is 70.2 cm³/mol. The highest BCUT2D eigenvalue weighted by Crippen LogP contribution is 2.34. The van der Waals surface area contributed by atoms with Crippen molar-refractivity contribution in [3.05, 3.63) is 0 Å². The lowest BCUT2D eigenvalue weighted by Crippen LogP contribution is -2.72. The first-order valence-electron chi connectivity index (χ1n) is 6.12. The summed E-state index contributed by atoms with van der Waals surface area (Å²) in [6, 6.07) is 0. The zero-order chi connectivity index (χ0) is 11.5. The van der Waals surface area contributed by atoms with Gasteiger partial charge in [-0.1, -0.05) is 13.8 Å². The van der Waals surface area contributed by atoms with Gasteiger partial charge >= 0.3 is 0 Å². The number of rotatable bonds is 5. The van der Waals surface area contributed by atoms with Crippen molar-refractivity contribution >= 4 is 10.2 Å². The molecular formula is C11H27N3Si. The van der Waals surface area contributed by atoms with Gasteiger partial charge in [0.05, 0.1) is 5.66 Å². The van der Waals surface area contributed by atoms with E-state index in [-0.39, 0.29) is 5.66 Å². The lowest BCUT2D eigenvalue weighted by Gasteiger charge is -2.45. The number of likely N-dealkylation sites (N-methyl/N-ethyl adjacent to an activating group) is 2. The van der Waals surface area contributed by atoms with Gasteiger partial charge in [-0.3, -0.25) is 0 Å². The van der Waals surface area contributed by atoms with E-state index >= 15 is 0 Å². The van der Waals surface area contributed by atoms with Gasteiger partial charge in [0.2, 0.25) is 0 Å². The van der Waals surface area contributed by atoms with Crippen molar-refractivity contribution in [3.63, 3.8) is 0 Å². The minimum absolute atomic E-state index is 0.119. The lowest BCUT2D eigenvalue weighted by atomic mass is 10.0. The van der Waals surface area contributed by atoms with Crippen LogP contribution in [0.4, 0.5) is 0 Å². The van der Waals surface area contributed by atoms with Crippen LogP contribution in [0.2, 0.25) is 0 Å². The molecule has 3 nitrogen and oxygen atoms in total. The molecule has 1 rings (SSSR count). The monoisotopic (exact) mass is 229 g/mol. The summed E-state index contributed by atoms with van der Waals surface area (Å²) in [7, 11) is 5.33. The van der Waals surface area contributed by atoms with Gasteiger partial charge in [0.15, 0.2) is 0 Å². The molecule has 0 radical (unpaired) electrons. The maximum Gasteiger partial charge on any atom is 0.0830 e. The van der Waals surface area contributed by atoms with E-state index in [4.69, 9.17) is 0 Å². The summed E-state index contributed by atoms with van der Waals surface area (Å²) in [5.74, 6) is 0.725. The molecule has 0 heterocycles. The maximum absolute atomic E-state index is 3.79. The quantitative estimate of drug-likeness (QED) is 0.444. The number of hydrogen-bond acceptors (Lipinski definition) is 3. The second kappa shape index (κ2) is 4.95. The predicted octanol–water partition coefficient (Wildman–Crippen LogP) is -0.387. The van der Waals surface area contributed by atoms with E-state index < -0.39 is 0 Å². The fourth-order valence-electron chi connectivity index (χ4n) is 2.79. The molecule has 3 N–H and O–H groups in total. The first-order valence-corrected chi connectivity index (χ1v) is 7.12. The van der Waals surface area contributed by atoms with Crippen molar-refractivity contribution in [1.82, 2.24) is 16.0 Å². The van der Waals surface area contributed by atoms with E-state index in [2.05, 4.69) is 43.9 Å². The highest BCUT2D eigenvalue weighted by Gasteiger charge is 2.49. The van der Waals surface area contributed by atoms with Crippen LogP contribution in [0.1, 0.15) is 33.1 Å². The molecule has 1 saturated carbocycles. The van der Waals surface area contributed by atoms with Crippen molar-refractivity contribution < 1.29 is 0 Å². The Kier molecular flexibility index (Phi) is 4.35. The molecule has 1 fully saturated rings. The summed E-state index contributed by atoms with van der Waals surface area (Å²) < 4.78 is 0. The molecule has 0 aliphatic heterocycles. The first kappa shape index (κ1) is 13.2. The van der Waals surface area contributed by atoms with Gasteiger partial charge in [-0.05, 0) is 45.8 Å². The summed E-state index contributed by atoms with van der Waals surface area (Å²) in [4.78, 5) is 0. The Bertz CT molecular complexity index is 204. The normalized spacial score (nSPS) is 30.2. The third-order valence-electron chi connectivity index (χ3n) is 3.92. The molecule has 1 aliphatic rings. The standard InChI is InChI=1S/C11H27N3Si/c1-9(2)8-14-11(15)7-5-6-10(11,12-3)13-4/h9,12-14H,5-8H2,1-4,15H3. The van der Waals surface area contributed by atoms with Crippen molar-refractivity contribution in [1.29, 1.82) is 0 Å². The van der Waals surface area contributed by atoms with Crippen LogP contribution in [-0.2, 0) is 0 Å². The fraction of sp³-hybridized carbons (Fsp3) is 1.00. The van der Waals surface area contributed by atoms with Crippen LogP contribution in [0.25, 0.3) is 0 Å². The summed E-state index contributed by atoms with van der Waals surface area (Å²) in [5, 5.41) is 11.1. The SMILES string of the molecule is CNC1(NC)CCCC1([SiH3])NCC(C)C. The smallest absolute Gasteiger partial charge is 0.0830 e. The first-order chi connectivity index (χ1) is 6.99. The zero-order valence-electron chi connectivity index (χ0n) is 10.9. The number of nitrogens with one attached hydrogen (secondary N) is 3. The average molecular weight is 229 g/mol. The van der Waals surface area contributed by atoms with E-state index in [0.29, 0.717) is 5.16 Å². The lowest BCUT2D eigenvalue weighted by molar-refractivity contribution is 0.202. The summed E-state index contributed by atoms with van der Waals surface area (Å²) in [5.41, 5.74) is 0.119. The van der Waals surface area contributed by atoms with E-state index in [9.17, 15) is 0 Å². The Balaban J connectivity index is 2.71. The Morgan fingerprint density at radius 3 is 2.27 bits per heavy atom. The van der Waals surface area contributed by atoms with E-state index in [1.807, 2.05) is 0 Å². The molecule has 0 saturated heterocycles. The second-order valence-electron chi connectivity index (χ2n) is 5.37. The second-order valence-corrected chi connectivity index (χ2v) is 7.07. The van der Waals surface area contributed by atoms with Gasteiger partial charge in [-0.25, -0.2) is 0 Å². The number of hydrogen-bond donors (Lipinski definition) is 3. The topological polar surface area (TPSA) is 36.1 Å². The molecular weight excluding hydrogens is 202 g/mol. The molecule has 15 heavy (non-hydrogen) atoms. The molecule has 0 aromatic heterocycles. The molecule has 4 heteroatoms. The summed E-state index contributed by atoms with van der Waals surface area (Å²) >= 11 is 0. The third-order valence-corrected chi connectivity index (χ3v) is 5.63. The average Bonchev–Trinajstić information content (AvgIpc) is 2.54. The fourth-order valence-corrected chi connectivity index (χ4v) is 4.10. The highest BCUT2D eigenvalue weighted by molar-refractivity contribution is 6.16. The van der Waals surface area contributed by atoms with Crippen LogP contribution >= 0.6 is 0 Å². The molecule has 1 aliphatic carbocycles. The van der Waals surface area contributed by atoms with Gasteiger partial charge in [-0.2, -0.15) is 0 Å². The molecule has 1 unspecified atom stereocenters. The van der Waals surface area contributed by atoms with E-state index in [1.165, 1.54) is 29.5 Å². The minimum Gasteiger partial charge on any atom is -0.311 e. The molecule has 0 bridgehead atoms. The van der Waals surface area contributed by atoms with Crippen LogP contribution in [0.5, 0.6) is 0 Å². The van der Waals surface area contributed by atoms with Crippen LogP contribution in [0.15, 0.2) is 0 Å². The Morgan fingerprint density at radius 1 is 1.20 bits per heavy atom. The minimum atomic E-state index is 0.119. The zero-order valence-corrected chi connectivity index (χ0v) is 12.9. The molecule has 1 atom stereocenters. The molecule has 0 spiro atoms. The van der Waals surface area contributed by atoms with Crippen LogP contribution in [0.3, 0.4) is 0 Å². The van der Waals surface area contributed by atoms with Gasteiger partial charge in [0, 0.05) is 15.4 Å². The van der Waals surface area contributed by atoms with Crippen molar-refractivity contribution in [2.75, 3.05) is 20.6 Å². The Labute approximate surface area is 97.2 Å². The molecule has 0 aromatic rings. The van der Waals surface area contributed by atoms with E-state index in [1.54, 1.807) is 0 Å². The maximum atomic E-state index is 3.79. The Morgan fingerprint density at radius 2 is 1.80 bits per heavy atom. The Hall–Kier alpha value is 0.0969. The molecule has 0 amide bonds. The van der Waals surface area contributed by atoms with Crippen molar-refractivity contribution in [2.24, 2.45) is 5.92 Å². The van der Waals surface area contributed by atoms with Crippen molar-refractivity contribution in [2.45, 2.75) is 43.9 Å². The van der Waals surface area contributed by atoms with Gasteiger partial charge in [-0.15, -0.1) is 0 Å². The summed E-state index contributed by atoms with van der Waals surface area (Å²) in [6.07, 6.45) is 3.85. The van der Waals surface area contributed by atoms with E-state index in [0.717, 1.165) is 12.5 Å².